The summed E-state index contributed by atoms with van der Waals surface area (Å²) in [5.74, 6) is 2.29. The minimum absolute atomic E-state index is 0.409. The van der Waals surface area contributed by atoms with Crippen LogP contribution < -0.4 is 14.2 Å². The zero-order valence-corrected chi connectivity index (χ0v) is 15.2. The molecule has 27 heavy (non-hydrogen) atoms. The molecule has 1 aliphatic rings. The smallest absolute Gasteiger partial charge is 0.150 e. The van der Waals surface area contributed by atoms with Crippen molar-refractivity contribution in [3.8, 4) is 17.2 Å². The molecule has 0 bridgehead atoms. The van der Waals surface area contributed by atoms with Crippen LogP contribution >= 0.6 is 0 Å². The van der Waals surface area contributed by atoms with Crippen LogP contribution in [0.4, 0.5) is 0 Å². The molecule has 4 nitrogen and oxygen atoms in total. The van der Waals surface area contributed by atoms with E-state index in [9.17, 15) is 5.11 Å². The van der Waals surface area contributed by atoms with E-state index >= 15 is 0 Å². The maximum absolute atomic E-state index is 10.5. The van der Waals surface area contributed by atoms with Gasteiger partial charge in [-0.2, -0.15) is 0 Å². The molecule has 0 spiro atoms. The van der Waals surface area contributed by atoms with E-state index in [1.807, 2.05) is 72.8 Å². The molecule has 0 amide bonds. The monoisotopic (exact) mass is 362 g/mol. The lowest BCUT2D eigenvalue weighted by Crippen LogP contribution is -2.30. The highest BCUT2D eigenvalue weighted by Crippen LogP contribution is 2.37. The first-order valence-electron chi connectivity index (χ1n) is 9.01. The minimum atomic E-state index is -0.595. The van der Waals surface area contributed by atoms with E-state index < -0.39 is 12.2 Å². The Balaban J connectivity index is 1.51. The van der Waals surface area contributed by atoms with Crippen molar-refractivity contribution in [3.63, 3.8) is 0 Å². The molecule has 3 aromatic carbocycles. The van der Waals surface area contributed by atoms with Crippen molar-refractivity contribution in [1.82, 2.24) is 0 Å². The van der Waals surface area contributed by atoms with E-state index in [1.54, 1.807) is 7.11 Å². The molecule has 4 rings (SSSR count). The van der Waals surface area contributed by atoms with Gasteiger partial charge in [-0.15, -0.1) is 0 Å². The van der Waals surface area contributed by atoms with Crippen molar-refractivity contribution in [2.45, 2.75) is 25.2 Å². The van der Waals surface area contributed by atoms with E-state index in [0.29, 0.717) is 13.0 Å². The molecule has 138 valence electrons. The van der Waals surface area contributed by atoms with Crippen molar-refractivity contribution in [2.75, 3.05) is 7.11 Å². The van der Waals surface area contributed by atoms with Crippen molar-refractivity contribution in [2.24, 2.45) is 0 Å². The normalized spacial score (nSPS) is 18.3. The molecular weight excluding hydrogens is 340 g/mol. The molecule has 0 saturated carbocycles. The van der Waals surface area contributed by atoms with Crippen LogP contribution in [0.15, 0.2) is 72.8 Å². The van der Waals surface area contributed by atoms with Gasteiger partial charge in [-0.05, 0) is 34.9 Å². The van der Waals surface area contributed by atoms with E-state index in [1.165, 1.54) is 0 Å². The van der Waals surface area contributed by atoms with Crippen molar-refractivity contribution in [3.05, 3.63) is 89.5 Å². The summed E-state index contributed by atoms with van der Waals surface area (Å²) in [7, 11) is 1.63. The Morgan fingerprint density at radius 3 is 2.44 bits per heavy atom. The van der Waals surface area contributed by atoms with Gasteiger partial charge in [-0.1, -0.05) is 48.5 Å². The number of hydrogen-bond acceptors (Lipinski definition) is 4. The summed E-state index contributed by atoms with van der Waals surface area (Å²) in [4.78, 5) is 0. The van der Waals surface area contributed by atoms with Crippen LogP contribution in [0.25, 0.3) is 0 Å². The van der Waals surface area contributed by atoms with Gasteiger partial charge in [0.25, 0.3) is 0 Å². The molecule has 4 heteroatoms. The molecule has 0 aromatic heterocycles. The fraction of sp³-hybridized carbons (Fsp3) is 0.217. The summed E-state index contributed by atoms with van der Waals surface area (Å²) in [6, 6.07) is 23.4. The number of fused-ring (bicyclic) bond motifs is 1. The first kappa shape index (κ1) is 17.4. The number of hydrogen-bond donors (Lipinski definition) is 1. The number of ether oxygens (including phenoxy) is 3. The Hall–Kier alpha value is -2.98. The average molecular weight is 362 g/mol. The summed E-state index contributed by atoms with van der Waals surface area (Å²) in [5, 5.41) is 10.5. The summed E-state index contributed by atoms with van der Waals surface area (Å²) in [6.07, 6.45) is -0.458. The molecule has 1 N–H and O–H groups in total. The van der Waals surface area contributed by atoms with Crippen LogP contribution in [-0.4, -0.2) is 18.3 Å². The average Bonchev–Trinajstić information content (AvgIpc) is 2.72. The topological polar surface area (TPSA) is 47.9 Å². The molecule has 1 aliphatic heterocycles. The number of methoxy groups -OCH3 is 1. The lowest BCUT2D eigenvalue weighted by Gasteiger charge is -2.31. The van der Waals surface area contributed by atoms with Crippen LogP contribution in [0.3, 0.4) is 0 Å². The zero-order chi connectivity index (χ0) is 18.6. The summed E-state index contributed by atoms with van der Waals surface area (Å²) >= 11 is 0. The molecule has 2 atom stereocenters. The van der Waals surface area contributed by atoms with Gasteiger partial charge in [-0.3, -0.25) is 0 Å². The van der Waals surface area contributed by atoms with Crippen LogP contribution in [0, 0.1) is 0 Å². The minimum Gasteiger partial charge on any atom is -0.497 e. The second-order valence-electron chi connectivity index (χ2n) is 6.63. The second-order valence-corrected chi connectivity index (χ2v) is 6.63. The Morgan fingerprint density at radius 1 is 0.963 bits per heavy atom. The molecule has 0 fully saturated rings. The van der Waals surface area contributed by atoms with Gasteiger partial charge < -0.3 is 19.3 Å². The lowest BCUT2D eigenvalue weighted by molar-refractivity contribution is 0.0206. The van der Waals surface area contributed by atoms with E-state index in [4.69, 9.17) is 14.2 Å². The third kappa shape index (κ3) is 3.91. The second kappa shape index (κ2) is 7.72. The first-order chi connectivity index (χ1) is 13.2. The highest BCUT2D eigenvalue weighted by Gasteiger charge is 2.30. The Morgan fingerprint density at radius 2 is 1.70 bits per heavy atom. The predicted molar refractivity (Wildman–Crippen MR) is 103 cm³/mol. The maximum atomic E-state index is 10.5. The Labute approximate surface area is 158 Å². The molecule has 0 aliphatic carbocycles. The molecular formula is C23H22O4. The summed E-state index contributed by atoms with van der Waals surface area (Å²) in [5.41, 5.74) is 3.02. The SMILES string of the molecule is COc1ccc([C@H]2Oc3cc(OCc4ccccc4)ccc3C[C@@H]2O)cc1. The van der Waals surface area contributed by atoms with Crippen LogP contribution in [0.5, 0.6) is 17.2 Å². The van der Waals surface area contributed by atoms with Crippen LogP contribution in [-0.2, 0) is 13.0 Å². The third-order valence-electron chi connectivity index (χ3n) is 4.76. The molecule has 0 unspecified atom stereocenters. The van der Waals surface area contributed by atoms with Crippen molar-refractivity contribution in [1.29, 1.82) is 0 Å². The van der Waals surface area contributed by atoms with E-state index in [0.717, 1.165) is 33.9 Å². The fourth-order valence-electron chi connectivity index (χ4n) is 3.28. The first-order valence-corrected chi connectivity index (χ1v) is 9.01. The van der Waals surface area contributed by atoms with Gasteiger partial charge in [-0.25, -0.2) is 0 Å². The van der Waals surface area contributed by atoms with Gasteiger partial charge in [0.05, 0.1) is 13.2 Å². The number of aliphatic hydroxyl groups is 1. The van der Waals surface area contributed by atoms with Crippen LogP contribution in [0.1, 0.15) is 22.8 Å². The van der Waals surface area contributed by atoms with E-state index in [2.05, 4.69) is 0 Å². The number of rotatable bonds is 5. The molecule has 1 heterocycles. The van der Waals surface area contributed by atoms with Crippen LogP contribution in [0.2, 0.25) is 0 Å². The van der Waals surface area contributed by atoms with Gasteiger partial charge in [0.15, 0.2) is 0 Å². The molecule has 3 aromatic rings. The summed E-state index contributed by atoms with van der Waals surface area (Å²) in [6.45, 7) is 0.504. The zero-order valence-electron chi connectivity index (χ0n) is 15.2. The standard InChI is InChI=1S/C23H22O4/c1-25-19-10-7-17(8-11-19)23-21(24)13-18-9-12-20(14-22(18)27-23)26-15-16-5-3-2-4-6-16/h2-12,14,21,23-24H,13,15H2,1H3/t21-,23+/m0/s1. The summed E-state index contributed by atoms with van der Waals surface area (Å²) < 4.78 is 17.2. The highest BCUT2D eigenvalue weighted by molar-refractivity contribution is 5.44. The van der Waals surface area contributed by atoms with Crippen molar-refractivity contribution >= 4 is 0 Å². The predicted octanol–water partition coefficient (Wildman–Crippen LogP) is 4.31. The quantitative estimate of drug-likeness (QED) is 0.735. The highest BCUT2D eigenvalue weighted by atomic mass is 16.5. The maximum Gasteiger partial charge on any atom is 0.150 e. The largest absolute Gasteiger partial charge is 0.497 e. The number of benzene rings is 3. The molecule has 0 radical (unpaired) electrons. The third-order valence-corrected chi connectivity index (χ3v) is 4.76. The Kier molecular flexibility index (Phi) is 4.99. The van der Waals surface area contributed by atoms with E-state index in [-0.39, 0.29) is 0 Å². The van der Waals surface area contributed by atoms with Gasteiger partial charge >= 0.3 is 0 Å². The van der Waals surface area contributed by atoms with Crippen molar-refractivity contribution < 1.29 is 19.3 Å². The van der Waals surface area contributed by atoms with Gasteiger partial charge in [0, 0.05) is 12.5 Å². The Bertz CT molecular complexity index is 890. The lowest BCUT2D eigenvalue weighted by atomic mass is 9.94. The number of aliphatic hydroxyl groups excluding tert-OH is 1. The molecule has 0 saturated heterocycles. The fourth-order valence-corrected chi connectivity index (χ4v) is 3.28. The van der Waals surface area contributed by atoms with Gasteiger partial charge in [0.1, 0.15) is 30.0 Å². The van der Waals surface area contributed by atoms with Gasteiger partial charge in [0.2, 0.25) is 0 Å².